The Bertz CT molecular complexity index is 667. The summed E-state index contributed by atoms with van der Waals surface area (Å²) < 4.78 is 11.1. The van der Waals surface area contributed by atoms with E-state index in [2.05, 4.69) is 9.97 Å². The third-order valence-electron chi connectivity index (χ3n) is 2.69. The summed E-state index contributed by atoms with van der Waals surface area (Å²) in [5.74, 6) is 1.78. The van der Waals surface area contributed by atoms with Crippen molar-refractivity contribution < 1.29 is 9.47 Å². The number of benzene rings is 1. The lowest BCUT2D eigenvalue weighted by Crippen LogP contribution is -2.14. The van der Waals surface area contributed by atoms with E-state index in [1.807, 2.05) is 22.6 Å². The van der Waals surface area contributed by atoms with Crippen LogP contribution < -0.4 is 15.0 Å². The van der Waals surface area contributed by atoms with Crippen LogP contribution in [0, 0.1) is 10.5 Å². The molecular formula is C13H13IN2O3. The Morgan fingerprint density at radius 2 is 2.00 bits per heavy atom. The van der Waals surface area contributed by atoms with E-state index in [4.69, 9.17) is 9.47 Å². The first-order valence-electron chi connectivity index (χ1n) is 5.55. The van der Waals surface area contributed by atoms with Gasteiger partial charge in [0, 0.05) is 0 Å². The summed E-state index contributed by atoms with van der Waals surface area (Å²) in [6, 6.07) is 5.35. The molecule has 19 heavy (non-hydrogen) atoms. The van der Waals surface area contributed by atoms with E-state index in [0.717, 1.165) is 0 Å². The third-order valence-corrected chi connectivity index (χ3v) is 3.96. The minimum absolute atomic E-state index is 0.159. The smallest absolute Gasteiger partial charge is 0.264 e. The number of aromatic nitrogens is 2. The van der Waals surface area contributed by atoms with E-state index in [-0.39, 0.29) is 5.56 Å². The zero-order valence-corrected chi connectivity index (χ0v) is 12.9. The standard InChI is InChI=1S/C13H13IN2O3/c1-7-11(14)13(17)16-12(15-7)9-6-8(18-2)4-5-10(9)19-3/h4-6H,1-3H3,(H,15,16,17). The van der Waals surface area contributed by atoms with Gasteiger partial charge in [-0.25, -0.2) is 4.98 Å². The molecule has 0 unspecified atom stereocenters. The van der Waals surface area contributed by atoms with E-state index >= 15 is 0 Å². The highest BCUT2D eigenvalue weighted by Gasteiger charge is 2.12. The molecule has 0 radical (unpaired) electrons. The quantitative estimate of drug-likeness (QED) is 0.841. The number of aryl methyl sites for hydroxylation is 1. The molecule has 0 spiro atoms. The number of hydrogen-bond donors (Lipinski definition) is 1. The van der Waals surface area contributed by atoms with Crippen molar-refractivity contribution in [3.8, 4) is 22.9 Å². The van der Waals surface area contributed by atoms with Crippen molar-refractivity contribution in [3.05, 3.63) is 37.8 Å². The number of hydrogen-bond acceptors (Lipinski definition) is 4. The minimum atomic E-state index is -0.159. The zero-order valence-electron chi connectivity index (χ0n) is 10.8. The van der Waals surface area contributed by atoms with E-state index in [1.165, 1.54) is 0 Å². The van der Waals surface area contributed by atoms with Crippen molar-refractivity contribution in [3.63, 3.8) is 0 Å². The van der Waals surface area contributed by atoms with Gasteiger partial charge in [-0.1, -0.05) is 0 Å². The zero-order chi connectivity index (χ0) is 14.0. The van der Waals surface area contributed by atoms with Gasteiger partial charge in [0.2, 0.25) is 0 Å². The van der Waals surface area contributed by atoms with Crippen LogP contribution in [0.5, 0.6) is 11.5 Å². The number of halogens is 1. The largest absolute Gasteiger partial charge is 0.497 e. The van der Waals surface area contributed by atoms with E-state index in [9.17, 15) is 4.79 Å². The van der Waals surface area contributed by atoms with Crippen molar-refractivity contribution in [1.82, 2.24) is 9.97 Å². The molecule has 1 aromatic heterocycles. The Hall–Kier alpha value is -1.57. The molecule has 0 aliphatic rings. The van der Waals surface area contributed by atoms with Gasteiger partial charge in [-0.05, 0) is 47.7 Å². The molecule has 1 heterocycles. The predicted molar refractivity (Wildman–Crippen MR) is 80.9 cm³/mol. The van der Waals surface area contributed by atoms with Crippen LogP contribution in [0.1, 0.15) is 5.69 Å². The molecule has 0 amide bonds. The first kappa shape index (κ1) is 13.9. The number of aromatic amines is 1. The maximum atomic E-state index is 11.8. The Labute approximate surface area is 124 Å². The van der Waals surface area contributed by atoms with Gasteiger partial charge in [0.1, 0.15) is 17.3 Å². The highest BCUT2D eigenvalue weighted by Crippen LogP contribution is 2.31. The van der Waals surface area contributed by atoms with Gasteiger partial charge in [0.05, 0.1) is 29.0 Å². The molecule has 2 aromatic rings. The van der Waals surface area contributed by atoms with Crippen molar-refractivity contribution in [2.24, 2.45) is 0 Å². The summed E-state index contributed by atoms with van der Waals surface area (Å²) in [6.07, 6.45) is 0. The summed E-state index contributed by atoms with van der Waals surface area (Å²) in [4.78, 5) is 19.0. The molecular weight excluding hydrogens is 359 g/mol. The lowest BCUT2D eigenvalue weighted by molar-refractivity contribution is 0.404. The summed E-state index contributed by atoms with van der Waals surface area (Å²) >= 11 is 1.97. The Morgan fingerprint density at radius 1 is 1.26 bits per heavy atom. The van der Waals surface area contributed by atoms with E-state index < -0.39 is 0 Å². The van der Waals surface area contributed by atoms with Crippen LogP contribution in [0.2, 0.25) is 0 Å². The summed E-state index contributed by atoms with van der Waals surface area (Å²) in [5.41, 5.74) is 1.22. The second-order valence-electron chi connectivity index (χ2n) is 3.88. The number of ether oxygens (including phenoxy) is 2. The van der Waals surface area contributed by atoms with E-state index in [0.29, 0.717) is 32.2 Å². The highest BCUT2D eigenvalue weighted by molar-refractivity contribution is 14.1. The lowest BCUT2D eigenvalue weighted by atomic mass is 10.1. The molecule has 6 heteroatoms. The average Bonchev–Trinajstić information content (AvgIpc) is 2.43. The molecule has 100 valence electrons. The Kier molecular flexibility index (Phi) is 4.08. The van der Waals surface area contributed by atoms with Crippen LogP contribution in [-0.4, -0.2) is 24.2 Å². The number of H-pyrrole nitrogens is 1. The maximum absolute atomic E-state index is 11.8. The average molecular weight is 372 g/mol. The fourth-order valence-electron chi connectivity index (χ4n) is 1.70. The molecule has 0 saturated heterocycles. The van der Waals surface area contributed by atoms with Gasteiger partial charge in [0.25, 0.3) is 5.56 Å². The molecule has 0 atom stereocenters. The van der Waals surface area contributed by atoms with Crippen LogP contribution in [0.25, 0.3) is 11.4 Å². The van der Waals surface area contributed by atoms with Gasteiger partial charge in [-0.3, -0.25) is 4.79 Å². The monoisotopic (exact) mass is 372 g/mol. The number of nitrogens with one attached hydrogen (secondary N) is 1. The van der Waals surface area contributed by atoms with Gasteiger partial charge in [-0.15, -0.1) is 0 Å². The molecule has 1 N–H and O–H groups in total. The van der Waals surface area contributed by atoms with Crippen LogP contribution >= 0.6 is 22.6 Å². The van der Waals surface area contributed by atoms with Crippen molar-refractivity contribution in [2.45, 2.75) is 6.92 Å². The summed E-state index contributed by atoms with van der Waals surface area (Å²) in [5, 5.41) is 0. The van der Waals surface area contributed by atoms with Crippen LogP contribution in [0.3, 0.4) is 0 Å². The normalized spacial score (nSPS) is 10.3. The third kappa shape index (κ3) is 2.73. The van der Waals surface area contributed by atoms with Crippen molar-refractivity contribution in [2.75, 3.05) is 14.2 Å². The van der Waals surface area contributed by atoms with Crippen LogP contribution in [-0.2, 0) is 0 Å². The fraction of sp³-hybridized carbons (Fsp3) is 0.231. The second kappa shape index (κ2) is 5.60. The summed E-state index contributed by atoms with van der Waals surface area (Å²) in [6.45, 7) is 1.80. The maximum Gasteiger partial charge on any atom is 0.264 e. The first-order chi connectivity index (χ1) is 9.06. The molecule has 0 aliphatic carbocycles. The minimum Gasteiger partial charge on any atom is -0.497 e. The molecule has 5 nitrogen and oxygen atoms in total. The van der Waals surface area contributed by atoms with Gasteiger partial charge in [0.15, 0.2) is 0 Å². The number of rotatable bonds is 3. The van der Waals surface area contributed by atoms with Crippen molar-refractivity contribution in [1.29, 1.82) is 0 Å². The molecule has 1 aromatic carbocycles. The predicted octanol–water partition coefficient (Wildman–Crippen LogP) is 2.37. The summed E-state index contributed by atoms with van der Waals surface area (Å²) in [7, 11) is 3.16. The van der Waals surface area contributed by atoms with Crippen LogP contribution in [0.4, 0.5) is 0 Å². The van der Waals surface area contributed by atoms with Crippen molar-refractivity contribution >= 4 is 22.6 Å². The topological polar surface area (TPSA) is 64.2 Å². The SMILES string of the molecule is COc1ccc(OC)c(-c2nc(C)c(I)c(=O)[nH]2)c1. The molecule has 2 rings (SSSR count). The Balaban J connectivity index is 2.66. The molecule has 0 bridgehead atoms. The molecule has 0 aliphatic heterocycles. The fourth-order valence-corrected chi connectivity index (χ4v) is 1.95. The van der Waals surface area contributed by atoms with Gasteiger partial charge in [-0.2, -0.15) is 0 Å². The Morgan fingerprint density at radius 3 is 2.58 bits per heavy atom. The molecule has 0 fully saturated rings. The van der Waals surface area contributed by atoms with Gasteiger partial charge >= 0.3 is 0 Å². The van der Waals surface area contributed by atoms with E-state index in [1.54, 1.807) is 39.3 Å². The lowest BCUT2D eigenvalue weighted by Gasteiger charge is -2.10. The molecule has 0 saturated carbocycles. The van der Waals surface area contributed by atoms with Crippen LogP contribution in [0.15, 0.2) is 23.0 Å². The highest BCUT2D eigenvalue weighted by atomic mass is 127. The number of nitrogens with zero attached hydrogens (tertiary/aromatic N) is 1. The second-order valence-corrected chi connectivity index (χ2v) is 4.96. The number of methoxy groups -OCH3 is 2. The first-order valence-corrected chi connectivity index (χ1v) is 6.63. The van der Waals surface area contributed by atoms with Gasteiger partial charge < -0.3 is 14.5 Å².